The van der Waals surface area contributed by atoms with E-state index < -0.39 is 11.9 Å². The Hall–Kier alpha value is -2.50. The second-order valence-electron chi connectivity index (χ2n) is 6.64. The van der Waals surface area contributed by atoms with Crippen molar-refractivity contribution in [3.8, 4) is 0 Å². The van der Waals surface area contributed by atoms with E-state index >= 15 is 0 Å². The number of nitrogens with two attached hydrogens (primary N) is 1. The van der Waals surface area contributed by atoms with E-state index in [-0.39, 0.29) is 22.7 Å². The van der Waals surface area contributed by atoms with Crippen molar-refractivity contribution in [1.82, 2.24) is 0 Å². The maximum absolute atomic E-state index is 12.7. The van der Waals surface area contributed by atoms with Gasteiger partial charge in [0.05, 0.1) is 25.6 Å². The largest absolute Gasteiger partial charge is 0.472 e. The molecule has 1 aromatic rings. The Balaban J connectivity index is 2.17. The molecule has 0 radical (unpaired) electrons. The van der Waals surface area contributed by atoms with Gasteiger partial charge < -0.3 is 19.6 Å². The molecule has 0 amide bonds. The second kappa shape index (κ2) is 5.30. The summed E-state index contributed by atoms with van der Waals surface area (Å²) in [5.74, 6) is -0.766. The maximum Gasteiger partial charge on any atom is 0.340 e. The van der Waals surface area contributed by atoms with E-state index in [0.717, 1.165) is 0 Å². The van der Waals surface area contributed by atoms with Crippen LogP contribution in [0.3, 0.4) is 0 Å². The first-order valence-electron chi connectivity index (χ1n) is 7.38. The summed E-state index contributed by atoms with van der Waals surface area (Å²) in [6.45, 7) is 4.00. The Labute approximate surface area is 133 Å². The number of ketones is 1. The number of furan rings is 1. The first kappa shape index (κ1) is 15.4. The summed E-state index contributed by atoms with van der Waals surface area (Å²) in [5.41, 5.74) is 7.06. The number of rotatable bonds is 2. The molecule has 2 aliphatic rings. The van der Waals surface area contributed by atoms with Gasteiger partial charge in [-0.25, -0.2) is 4.79 Å². The molecule has 0 bridgehead atoms. The average Bonchev–Trinajstić information content (AvgIpc) is 2.97. The molecule has 6 heteroatoms. The van der Waals surface area contributed by atoms with Gasteiger partial charge in [-0.15, -0.1) is 0 Å². The van der Waals surface area contributed by atoms with Gasteiger partial charge in [-0.2, -0.15) is 0 Å². The molecule has 1 aromatic heterocycles. The highest BCUT2D eigenvalue weighted by Crippen LogP contribution is 2.48. The number of ether oxygens (including phenoxy) is 2. The van der Waals surface area contributed by atoms with Crippen LogP contribution in [0.5, 0.6) is 0 Å². The highest BCUT2D eigenvalue weighted by atomic mass is 16.5. The molecule has 0 unspecified atom stereocenters. The van der Waals surface area contributed by atoms with Crippen molar-refractivity contribution in [3.63, 3.8) is 0 Å². The first-order valence-corrected chi connectivity index (χ1v) is 7.38. The number of allylic oxidation sites excluding steroid dienone is 2. The number of carbonyl (C=O) groups excluding carboxylic acids is 2. The van der Waals surface area contributed by atoms with Crippen molar-refractivity contribution < 1.29 is 23.5 Å². The lowest BCUT2D eigenvalue weighted by atomic mass is 9.70. The van der Waals surface area contributed by atoms with Gasteiger partial charge in [-0.3, -0.25) is 4.79 Å². The molecular weight excluding hydrogens is 298 g/mol. The average molecular weight is 317 g/mol. The minimum atomic E-state index is -0.617. The van der Waals surface area contributed by atoms with Gasteiger partial charge in [0.25, 0.3) is 0 Å². The molecule has 0 saturated carbocycles. The van der Waals surface area contributed by atoms with Gasteiger partial charge in [0, 0.05) is 24.0 Å². The molecule has 2 N–H and O–H groups in total. The van der Waals surface area contributed by atoms with E-state index in [1.165, 1.54) is 19.6 Å². The molecule has 3 rings (SSSR count). The van der Waals surface area contributed by atoms with Crippen LogP contribution in [0.4, 0.5) is 0 Å². The summed E-state index contributed by atoms with van der Waals surface area (Å²) in [5, 5.41) is 0. The maximum atomic E-state index is 12.7. The lowest BCUT2D eigenvalue weighted by molar-refractivity contribution is -0.136. The van der Waals surface area contributed by atoms with Crippen LogP contribution in [-0.2, 0) is 19.1 Å². The van der Waals surface area contributed by atoms with E-state index in [0.29, 0.717) is 29.7 Å². The number of hydrogen-bond acceptors (Lipinski definition) is 6. The summed E-state index contributed by atoms with van der Waals surface area (Å²) in [6, 6.07) is 1.71. The van der Waals surface area contributed by atoms with Crippen molar-refractivity contribution in [2.45, 2.75) is 32.6 Å². The van der Waals surface area contributed by atoms with Gasteiger partial charge in [0.15, 0.2) is 5.78 Å². The lowest BCUT2D eigenvalue weighted by Gasteiger charge is -2.37. The fourth-order valence-corrected chi connectivity index (χ4v) is 3.27. The van der Waals surface area contributed by atoms with Crippen LogP contribution in [0.2, 0.25) is 0 Å². The molecule has 0 aromatic carbocycles. The van der Waals surface area contributed by atoms with E-state index in [9.17, 15) is 9.59 Å². The van der Waals surface area contributed by atoms with E-state index in [2.05, 4.69) is 0 Å². The fraction of sp³-hybridized carbons (Fsp3) is 0.412. The zero-order valence-corrected chi connectivity index (χ0v) is 13.3. The highest BCUT2D eigenvalue weighted by Gasteiger charge is 2.45. The molecule has 122 valence electrons. The lowest BCUT2D eigenvalue weighted by Crippen LogP contribution is -2.35. The van der Waals surface area contributed by atoms with Crippen LogP contribution >= 0.6 is 0 Å². The molecule has 0 spiro atoms. The Morgan fingerprint density at radius 1 is 1.39 bits per heavy atom. The van der Waals surface area contributed by atoms with Gasteiger partial charge >= 0.3 is 5.97 Å². The smallest absolute Gasteiger partial charge is 0.340 e. The quantitative estimate of drug-likeness (QED) is 0.842. The third kappa shape index (κ3) is 2.54. The number of esters is 1. The van der Waals surface area contributed by atoms with E-state index in [4.69, 9.17) is 19.6 Å². The predicted molar refractivity (Wildman–Crippen MR) is 80.8 cm³/mol. The van der Waals surface area contributed by atoms with Crippen molar-refractivity contribution in [3.05, 3.63) is 46.9 Å². The molecule has 6 nitrogen and oxygen atoms in total. The molecule has 0 fully saturated rings. The number of carbonyl (C=O) groups is 2. The van der Waals surface area contributed by atoms with Crippen molar-refractivity contribution in [2.75, 3.05) is 7.11 Å². The third-order valence-corrected chi connectivity index (χ3v) is 4.24. The first-order chi connectivity index (χ1) is 10.8. The standard InChI is InChI=1S/C17H19NO5/c1-17(2)6-10(19)13-11(7-17)23-15(18)14(16(20)21-3)12(13)9-4-5-22-8-9/h4-5,8,12H,6-7,18H2,1-3H3/t12-/m1/s1. The topological polar surface area (TPSA) is 91.8 Å². The third-order valence-electron chi connectivity index (χ3n) is 4.24. The van der Waals surface area contributed by atoms with Gasteiger partial charge in [-0.1, -0.05) is 13.8 Å². The zero-order chi connectivity index (χ0) is 16.8. The Morgan fingerprint density at radius 2 is 2.13 bits per heavy atom. The van der Waals surface area contributed by atoms with Crippen molar-refractivity contribution in [1.29, 1.82) is 0 Å². The fourth-order valence-electron chi connectivity index (χ4n) is 3.27. The summed E-state index contributed by atoms with van der Waals surface area (Å²) >= 11 is 0. The zero-order valence-electron chi connectivity index (χ0n) is 13.3. The Morgan fingerprint density at radius 3 is 2.74 bits per heavy atom. The van der Waals surface area contributed by atoms with Crippen LogP contribution in [0.15, 0.2) is 45.8 Å². The summed E-state index contributed by atoms with van der Waals surface area (Å²) in [4.78, 5) is 24.9. The molecule has 23 heavy (non-hydrogen) atoms. The van der Waals surface area contributed by atoms with Crippen molar-refractivity contribution >= 4 is 11.8 Å². The highest BCUT2D eigenvalue weighted by molar-refractivity contribution is 6.03. The Bertz CT molecular complexity index is 724. The van der Waals surface area contributed by atoms with Crippen LogP contribution in [0.1, 0.15) is 38.2 Å². The number of methoxy groups -OCH3 is 1. The minimum Gasteiger partial charge on any atom is -0.472 e. The molecule has 1 aliphatic heterocycles. The summed E-state index contributed by atoms with van der Waals surface area (Å²) in [6.07, 6.45) is 3.96. The van der Waals surface area contributed by atoms with Crippen LogP contribution in [-0.4, -0.2) is 18.9 Å². The number of hydrogen-bond donors (Lipinski definition) is 1. The number of Topliss-reactive ketones (excluding diaryl/α,β-unsaturated/α-hetero) is 1. The monoisotopic (exact) mass is 317 g/mol. The second-order valence-corrected chi connectivity index (χ2v) is 6.64. The molecule has 1 atom stereocenters. The Kier molecular flexibility index (Phi) is 3.55. The molecule has 1 aliphatic carbocycles. The molecular formula is C17H19NO5. The van der Waals surface area contributed by atoms with E-state index in [1.54, 1.807) is 6.07 Å². The molecule has 2 heterocycles. The van der Waals surface area contributed by atoms with Crippen LogP contribution < -0.4 is 5.73 Å². The summed E-state index contributed by atoms with van der Waals surface area (Å²) in [7, 11) is 1.27. The van der Waals surface area contributed by atoms with Gasteiger partial charge in [0.2, 0.25) is 5.88 Å². The molecule has 0 saturated heterocycles. The minimum absolute atomic E-state index is 0.0210. The van der Waals surface area contributed by atoms with Gasteiger partial charge in [-0.05, 0) is 11.5 Å². The summed E-state index contributed by atoms with van der Waals surface area (Å²) < 4.78 is 15.6. The van der Waals surface area contributed by atoms with Gasteiger partial charge in [0.1, 0.15) is 11.3 Å². The predicted octanol–water partition coefficient (Wildman–Crippen LogP) is 2.38. The van der Waals surface area contributed by atoms with Crippen LogP contribution in [0.25, 0.3) is 0 Å². The normalized spacial score (nSPS) is 23.4. The SMILES string of the molecule is COC(=O)C1=C(N)OC2=C(C(=O)CC(C)(C)C2)[C@H]1c1ccoc1. The van der Waals surface area contributed by atoms with Crippen LogP contribution in [0, 0.1) is 5.41 Å². The van der Waals surface area contributed by atoms with Crippen molar-refractivity contribution in [2.24, 2.45) is 11.1 Å². The van der Waals surface area contributed by atoms with E-state index in [1.807, 2.05) is 13.8 Å².